The second kappa shape index (κ2) is 6.02. The summed E-state index contributed by atoms with van der Waals surface area (Å²) in [5.41, 5.74) is -0.209. The second-order valence-corrected chi connectivity index (χ2v) is 3.77. The highest BCUT2D eigenvalue weighted by atomic mass is 19.4. The van der Waals surface area contributed by atoms with E-state index in [0.717, 1.165) is 12.1 Å². The van der Waals surface area contributed by atoms with Crippen LogP contribution in [-0.4, -0.2) is 18.8 Å². The topological polar surface area (TPSA) is 29.5 Å². The lowest BCUT2D eigenvalue weighted by Crippen LogP contribution is -2.06. The largest absolute Gasteiger partial charge is 0.416 e. The molecule has 0 heterocycles. The van der Waals surface area contributed by atoms with Crippen molar-refractivity contribution in [3.05, 3.63) is 35.4 Å². The van der Waals surface area contributed by atoms with Gasteiger partial charge in [0.05, 0.1) is 11.7 Å². The Morgan fingerprint density at radius 2 is 1.82 bits per heavy atom. The number of halogens is 3. The summed E-state index contributed by atoms with van der Waals surface area (Å²) in [6.07, 6.45) is -3.94. The van der Waals surface area contributed by atoms with Crippen molar-refractivity contribution in [3.63, 3.8) is 0 Å². The summed E-state index contributed by atoms with van der Waals surface area (Å²) in [5.74, 6) is 0. The van der Waals surface area contributed by atoms with E-state index in [9.17, 15) is 18.3 Å². The van der Waals surface area contributed by atoms with E-state index < -0.39 is 17.8 Å². The van der Waals surface area contributed by atoms with Crippen molar-refractivity contribution >= 4 is 0 Å². The molecule has 1 aromatic rings. The van der Waals surface area contributed by atoms with E-state index >= 15 is 0 Å². The molecule has 1 N–H and O–H groups in total. The van der Waals surface area contributed by atoms with Crippen LogP contribution in [0.25, 0.3) is 0 Å². The van der Waals surface area contributed by atoms with Gasteiger partial charge in [0.15, 0.2) is 0 Å². The third-order valence-corrected chi connectivity index (χ3v) is 2.45. The smallest absolute Gasteiger partial charge is 0.388 e. The van der Waals surface area contributed by atoms with E-state index in [-0.39, 0.29) is 0 Å². The quantitative estimate of drug-likeness (QED) is 0.811. The standard InChI is InChI=1S/C12H15F3O2/c1-17-8-2-3-11(16)9-4-6-10(7-5-9)12(13,14)15/h4-7,11,16H,2-3,8H2,1H3. The van der Waals surface area contributed by atoms with Crippen molar-refractivity contribution in [3.8, 4) is 0 Å². The fourth-order valence-corrected chi connectivity index (χ4v) is 1.48. The normalized spacial score (nSPS) is 13.7. The van der Waals surface area contributed by atoms with Gasteiger partial charge in [-0.3, -0.25) is 0 Å². The highest BCUT2D eigenvalue weighted by Crippen LogP contribution is 2.30. The third-order valence-electron chi connectivity index (χ3n) is 2.45. The maximum atomic E-state index is 12.3. The highest BCUT2D eigenvalue weighted by molar-refractivity contribution is 5.25. The van der Waals surface area contributed by atoms with Gasteiger partial charge in [0.1, 0.15) is 0 Å². The first-order valence-electron chi connectivity index (χ1n) is 5.29. The molecule has 0 spiro atoms. The van der Waals surface area contributed by atoms with Crippen LogP contribution >= 0.6 is 0 Å². The third kappa shape index (κ3) is 4.36. The number of benzene rings is 1. The first-order valence-corrected chi connectivity index (χ1v) is 5.29. The van der Waals surface area contributed by atoms with Crippen LogP contribution in [0.15, 0.2) is 24.3 Å². The van der Waals surface area contributed by atoms with Gasteiger partial charge in [-0.2, -0.15) is 13.2 Å². The maximum Gasteiger partial charge on any atom is 0.416 e. The zero-order chi connectivity index (χ0) is 12.9. The van der Waals surface area contributed by atoms with Gasteiger partial charge >= 0.3 is 6.18 Å². The molecule has 0 bridgehead atoms. The predicted octanol–water partition coefficient (Wildman–Crippen LogP) is 3.17. The molecule has 2 nitrogen and oxygen atoms in total. The fraction of sp³-hybridized carbons (Fsp3) is 0.500. The minimum Gasteiger partial charge on any atom is -0.388 e. The molecule has 0 fully saturated rings. The molecule has 0 radical (unpaired) electrons. The molecule has 96 valence electrons. The number of hydrogen-bond acceptors (Lipinski definition) is 2. The van der Waals surface area contributed by atoms with Crippen LogP contribution in [0.4, 0.5) is 13.2 Å². The van der Waals surface area contributed by atoms with Gasteiger partial charge in [0.2, 0.25) is 0 Å². The van der Waals surface area contributed by atoms with Gasteiger partial charge in [-0.1, -0.05) is 12.1 Å². The molecule has 0 aliphatic rings. The Hall–Kier alpha value is -1.07. The van der Waals surface area contributed by atoms with Crippen molar-refractivity contribution < 1.29 is 23.0 Å². The summed E-state index contributed by atoms with van der Waals surface area (Å²) in [5, 5.41) is 9.70. The summed E-state index contributed by atoms with van der Waals surface area (Å²) in [7, 11) is 1.56. The van der Waals surface area contributed by atoms with Crippen molar-refractivity contribution in [1.82, 2.24) is 0 Å². The van der Waals surface area contributed by atoms with Gasteiger partial charge in [-0.15, -0.1) is 0 Å². The fourth-order valence-electron chi connectivity index (χ4n) is 1.48. The first-order chi connectivity index (χ1) is 7.95. The molecular formula is C12H15F3O2. The Bertz CT molecular complexity index is 333. The Morgan fingerprint density at radius 1 is 1.24 bits per heavy atom. The van der Waals surface area contributed by atoms with E-state index in [4.69, 9.17) is 4.74 Å². The zero-order valence-corrected chi connectivity index (χ0v) is 9.50. The molecular weight excluding hydrogens is 233 g/mol. The van der Waals surface area contributed by atoms with E-state index in [1.165, 1.54) is 12.1 Å². The van der Waals surface area contributed by atoms with Crippen LogP contribution in [-0.2, 0) is 10.9 Å². The number of hydrogen-bond donors (Lipinski definition) is 1. The number of aliphatic hydroxyl groups is 1. The van der Waals surface area contributed by atoms with Gasteiger partial charge < -0.3 is 9.84 Å². The predicted molar refractivity (Wildman–Crippen MR) is 57.5 cm³/mol. The summed E-state index contributed by atoms with van der Waals surface area (Å²) < 4.78 is 41.7. The Morgan fingerprint density at radius 3 is 2.29 bits per heavy atom. The number of aliphatic hydroxyl groups excluding tert-OH is 1. The summed E-state index contributed by atoms with van der Waals surface area (Å²) >= 11 is 0. The molecule has 0 saturated carbocycles. The summed E-state index contributed by atoms with van der Waals surface area (Å²) in [4.78, 5) is 0. The van der Waals surface area contributed by atoms with E-state index in [0.29, 0.717) is 25.0 Å². The van der Waals surface area contributed by atoms with Crippen LogP contribution in [0.5, 0.6) is 0 Å². The van der Waals surface area contributed by atoms with Gasteiger partial charge in [0.25, 0.3) is 0 Å². The number of rotatable bonds is 5. The van der Waals surface area contributed by atoms with E-state index in [1.54, 1.807) is 7.11 Å². The lowest BCUT2D eigenvalue weighted by Gasteiger charge is -2.12. The maximum absolute atomic E-state index is 12.3. The molecule has 5 heteroatoms. The molecule has 1 aromatic carbocycles. The van der Waals surface area contributed by atoms with Crippen LogP contribution in [0, 0.1) is 0 Å². The van der Waals surface area contributed by atoms with Gasteiger partial charge in [0, 0.05) is 13.7 Å². The Kier molecular flexibility index (Phi) is 4.96. The lowest BCUT2D eigenvalue weighted by atomic mass is 10.0. The number of ether oxygens (including phenoxy) is 1. The molecule has 1 rings (SSSR count). The van der Waals surface area contributed by atoms with Crippen molar-refractivity contribution in [2.24, 2.45) is 0 Å². The number of alkyl halides is 3. The van der Waals surface area contributed by atoms with Gasteiger partial charge in [-0.25, -0.2) is 0 Å². The zero-order valence-electron chi connectivity index (χ0n) is 9.50. The van der Waals surface area contributed by atoms with Gasteiger partial charge in [-0.05, 0) is 30.5 Å². The minimum absolute atomic E-state index is 0.471. The SMILES string of the molecule is COCCCC(O)c1ccc(C(F)(F)F)cc1. The molecule has 0 saturated heterocycles. The molecule has 0 aliphatic heterocycles. The van der Waals surface area contributed by atoms with Crippen molar-refractivity contribution in [2.45, 2.75) is 25.1 Å². The van der Waals surface area contributed by atoms with Crippen molar-refractivity contribution in [1.29, 1.82) is 0 Å². The monoisotopic (exact) mass is 248 g/mol. The summed E-state index contributed by atoms with van der Waals surface area (Å²) in [6, 6.07) is 4.57. The van der Waals surface area contributed by atoms with Crippen LogP contribution < -0.4 is 0 Å². The Labute approximate surface area is 98.0 Å². The molecule has 0 aliphatic carbocycles. The van der Waals surface area contributed by atoms with Crippen LogP contribution in [0.2, 0.25) is 0 Å². The minimum atomic E-state index is -4.33. The molecule has 1 unspecified atom stereocenters. The van der Waals surface area contributed by atoms with E-state index in [2.05, 4.69) is 0 Å². The second-order valence-electron chi connectivity index (χ2n) is 3.77. The average molecular weight is 248 g/mol. The van der Waals surface area contributed by atoms with Crippen molar-refractivity contribution in [2.75, 3.05) is 13.7 Å². The van der Waals surface area contributed by atoms with E-state index in [1.807, 2.05) is 0 Å². The van der Waals surface area contributed by atoms with Crippen LogP contribution in [0.1, 0.15) is 30.1 Å². The molecule has 17 heavy (non-hydrogen) atoms. The summed E-state index contributed by atoms with van der Waals surface area (Å²) in [6.45, 7) is 0.525. The average Bonchev–Trinajstić information content (AvgIpc) is 2.28. The molecule has 1 atom stereocenters. The number of methoxy groups -OCH3 is 1. The highest BCUT2D eigenvalue weighted by Gasteiger charge is 2.30. The lowest BCUT2D eigenvalue weighted by molar-refractivity contribution is -0.137. The molecule has 0 amide bonds. The molecule has 0 aromatic heterocycles. The Balaban J connectivity index is 2.61. The first kappa shape index (κ1) is 14.0. The van der Waals surface area contributed by atoms with Crippen LogP contribution in [0.3, 0.4) is 0 Å².